The Bertz CT molecular complexity index is 267. The summed E-state index contributed by atoms with van der Waals surface area (Å²) in [6, 6.07) is 0.0275. The van der Waals surface area contributed by atoms with Gasteiger partial charge in [-0.3, -0.25) is 9.69 Å². The predicted octanol–water partition coefficient (Wildman–Crippen LogP) is 1.88. The van der Waals surface area contributed by atoms with Gasteiger partial charge >= 0.3 is 5.97 Å². The molecule has 1 saturated heterocycles. The summed E-state index contributed by atoms with van der Waals surface area (Å²) < 4.78 is 5.79. The first kappa shape index (κ1) is 12.8. The molecule has 0 bridgehead atoms. The fraction of sp³-hybridized carbons (Fsp3) is 0.923. The number of morpholine rings is 1. The van der Waals surface area contributed by atoms with Crippen LogP contribution in [0.2, 0.25) is 0 Å². The molecule has 0 spiro atoms. The molecule has 2 fully saturated rings. The van der Waals surface area contributed by atoms with Crippen molar-refractivity contribution in [2.24, 2.45) is 0 Å². The molecule has 1 saturated carbocycles. The topological polar surface area (TPSA) is 49.8 Å². The molecule has 4 nitrogen and oxygen atoms in total. The highest BCUT2D eigenvalue weighted by Crippen LogP contribution is 2.30. The van der Waals surface area contributed by atoms with E-state index in [1.54, 1.807) is 0 Å². The molecule has 2 aliphatic rings. The van der Waals surface area contributed by atoms with Crippen molar-refractivity contribution in [3.8, 4) is 0 Å². The van der Waals surface area contributed by atoms with E-state index in [0.29, 0.717) is 12.6 Å². The standard InChI is InChI=1S/C13H23NO3/c1-2-5-11(13(15)16)14-8-9-17-12-7-4-3-6-10(12)14/h10-12H,2-9H2,1H3,(H,15,16). The van der Waals surface area contributed by atoms with Gasteiger partial charge < -0.3 is 9.84 Å². The summed E-state index contributed by atoms with van der Waals surface area (Å²) in [5.74, 6) is -0.668. The second-order valence-electron chi connectivity index (χ2n) is 5.14. The number of carbonyl (C=O) groups is 1. The lowest BCUT2D eigenvalue weighted by Gasteiger charge is -2.46. The third-order valence-electron chi connectivity index (χ3n) is 4.02. The van der Waals surface area contributed by atoms with Gasteiger partial charge in [-0.2, -0.15) is 0 Å². The van der Waals surface area contributed by atoms with Gasteiger partial charge in [0.05, 0.1) is 12.7 Å². The molecular formula is C13H23NO3. The molecule has 0 aromatic heterocycles. The first-order valence-electron chi connectivity index (χ1n) is 6.84. The number of hydrogen-bond donors (Lipinski definition) is 1. The highest BCUT2D eigenvalue weighted by Gasteiger charge is 2.39. The first-order chi connectivity index (χ1) is 8.24. The minimum atomic E-state index is -0.668. The average molecular weight is 241 g/mol. The Morgan fingerprint density at radius 3 is 2.94 bits per heavy atom. The van der Waals surface area contributed by atoms with Crippen molar-refractivity contribution in [1.29, 1.82) is 0 Å². The molecule has 0 amide bonds. The number of hydrogen-bond acceptors (Lipinski definition) is 3. The maximum absolute atomic E-state index is 11.4. The zero-order valence-electron chi connectivity index (χ0n) is 10.6. The number of carboxylic acids is 1. The highest BCUT2D eigenvalue weighted by atomic mass is 16.5. The van der Waals surface area contributed by atoms with E-state index >= 15 is 0 Å². The third kappa shape index (κ3) is 2.80. The van der Waals surface area contributed by atoms with E-state index in [1.807, 2.05) is 0 Å². The molecule has 0 aromatic rings. The van der Waals surface area contributed by atoms with Crippen molar-refractivity contribution >= 4 is 5.97 Å². The zero-order valence-corrected chi connectivity index (χ0v) is 10.6. The van der Waals surface area contributed by atoms with Crippen LogP contribution in [-0.2, 0) is 9.53 Å². The molecular weight excluding hydrogens is 218 g/mol. The Hall–Kier alpha value is -0.610. The maximum atomic E-state index is 11.4. The van der Waals surface area contributed by atoms with Crippen LogP contribution in [0.25, 0.3) is 0 Å². The van der Waals surface area contributed by atoms with Gasteiger partial charge in [-0.05, 0) is 19.3 Å². The lowest BCUT2D eigenvalue weighted by Crippen LogP contribution is -2.58. The lowest BCUT2D eigenvalue weighted by molar-refractivity contribution is -0.154. The molecule has 2 rings (SSSR count). The number of nitrogens with zero attached hydrogens (tertiary/aromatic N) is 1. The van der Waals surface area contributed by atoms with Crippen LogP contribution < -0.4 is 0 Å². The summed E-state index contributed by atoms with van der Waals surface area (Å²) in [4.78, 5) is 13.6. The Morgan fingerprint density at radius 1 is 1.47 bits per heavy atom. The number of rotatable bonds is 4. The Kier molecular flexibility index (Phi) is 4.40. The number of fused-ring (bicyclic) bond motifs is 1. The molecule has 1 N–H and O–H groups in total. The largest absolute Gasteiger partial charge is 0.480 e. The van der Waals surface area contributed by atoms with E-state index < -0.39 is 5.97 Å². The van der Waals surface area contributed by atoms with Gasteiger partial charge in [0.2, 0.25) is 0 Å². The molecule has 1 aliphatic carbocycles. The van der Waals surface area contributed by atoms with Crippen LogP contribution in [0.15, 0.2) is 0 Å². The van der Waals surface area contributed by atoms with E-state index in [0.717, 1.165) is 32.2 Å². The van der Waals surface area contributed by atoms with Crippen molar-refractivity contribution in [3.05, 3.63) is 0 Å². The third-order valence-corrected chi connectivity index (χ3v) is 4.02. The fourth-order valence-electron chi connectivity index (χ4n) is 3.22. The SMILES string of the molecule is CCCC(C(=O)O)N1CCOC2CCCCC21. The summed E-state index contributed by atoms with van der Waals surface area (Å²) >= 11 is 0. The fourth-order valence-corrected chi connectivity index (χ4v) is 3.22. The van der Waals surface area contributed by atoms with E-state index in [2.05, 4.69) is 11.8 Å². The second-order valence-corrected chi connectivity index (χ2v) is 5.14. The molecule has 4 heteroatoms. The Morgan fingerprint density at radius 2 is 2.24 bits per heavy atom. The summed E-state index contributed by atoms with van der Waals surface area (Å²) in [5.41, 5.74) is 0. The van der Waals surface area contributed by atoms with E-state index in [9.17, 15) is 9.90 Å². The monoisotopic (exact) mass is 241 g/mol. The van der Waals surface area contributed by atoms with Crippen LogP contribution in [0.3, 0.4) is 0 Å². The quantitative estimate of drug-likeness (QED) is 0.816. The molecule has 3 atom stereocenters. The number of ether oxygens (including phenoxy) is 1. The van der Waals surface area contributed by atoms with Crippen molar-refractivity contribution in [2.45, 2.75) is 63.6 Å². The van der Waals surface area contributed by atoms with Crippen LogP contribution in [-0.4, -0.2) is 47.3 Å². The van der Waals surface area contributed by atoms with Gasteiger partial charge in [0.25, 0.3) is 0 Å². The van der Waals surface area contributed by atoms with E-state index in [-0.39, 0.29) is 12.1 Å². The molecule has 1 heterocycles. The molecule has 0 aromatic carbocycles. The van der Waals surface area contributed by atoms with Crippen molar-refractivity contribution < 1.29 is 14.6 Å². The summed E-state index contributed by atoms with van der Waals surface area (Å²) in [6.07, 6.45) is 6.57. The minimum Gasteiger partial charge on any atom is -0.480 e. The number of carboxylic acid groups (broad SMARTS) is 1. The molecule has 0 radical (unpaired) electrons. The van der Waals surface area contributed by atoms with Crippen LogP contribution in [0.5, 0.6) is 0 Å². The van der Waals surface area contributed by atoms with Crippen LogP contribution in [0, 0.1) is 0 Å². The van der Waals surface area contributed by atoms with Gasteiger partial charge in [-0.15, -0.1) is 0 Å². The second kappa shape index (κ2) is 5.83. The molecule has 98 valence electrons. The summed E-state index contributed by atoms with van der Waals surface area (Å²) in [6.45, 7) is 3.52. The van der Waals surface area contributed by atoms with Gasteiger partial charge in [-0.1, -0.05) is 26.2 Å². The van der Waals surface area contributed by atoms with Crippen LogP contribution >= 0.6 is 0 Å². The number of aliphatic carboxylic acids is 1. The zero-order chi connectivity index (χ0) is 12.3. The van der Waals surface area contributed by atoms with Crippen LogP contribution in [0.1, 0.15) is 45.4 Å². The maximum Gasteiger partial charge on any atom is 0.320 e. The summed E-state index contributed by atoms with van der Waals surface area (Å²) in [7, 11) is 0. The molecule has 17 heavy (non-hydrogen) atoms. The first-order valence-corrected chi connectivity index (χ1v) is 6.84. The summed E-state index contributed by atoms with van der Waals surface area (Å²) in [5, 5.41) is 9.36. The van der Waals surface area contributed by atoms with E-state index in [1.165, 1.54) is 12.8 Å². The lowest BCUT2D eigenvalue weighted by atomic mass is 9.88. The Balaban J connectivity index is 2.08. The van der Waals surface area contributed by atoms with Crippen molar-refractivity contribution in [1.82, 2.24) is 4.90 Å². The molecule has 1 aliphatic heterocycles. The van der Waals surface area contributed by atoms with Gasteiger partial charge in [0.1, 0.15) is 6.04 Å². The predicted molar refractivity (Wildman–Crippen MR) is 65.0 cm³/mol. The van der Waals surface area contributed by atoms with Gasteiger partial charge in [0.15, 0.2) is 0 Å². The van der Waals surface area contributed by atoms with Gasteiger partial charge in [0, 0.05) is 12.6 Å². The smallest absolute Gasteiger partial charge is 0.320 e. The van der Waals surface area contributed by atoms with Crippen LogP contribution in [0.4, 0.5) is 0 Å². The highest BCUT2D eigenvalue weighted by molar-refractivity contribution is 5.73. The molecule has 3 unspecified atom stereocenters. The van der Waals surface area contributed by atoms with Crippen molar-refractivity contribution in [2.75, 3.05) is 13.2 Å². The van der Waals surface area contributed by atoms with Crippen molar-refractivity contribution in [3.63, 3.8) is 0 Å². The normalized spacial score (nSPS) is 31.8. The van der Waals surface area contributed by atoms with Gasteiger partial charge in [-0.25, -0.2) is 0 Å². The average Bonchev–Trinajstić information content (AvgIpc) is 2.35. The minimum absolute atomic E-state index is 0.274. The van der Waals surface area contributed by atoms with E-state index in [4.69, 9.17) is 4.74 Å². The Labute approximate surface area is 103 Å².